The third-order valence-corrected chi connectivity index (χ3v) is 2.68. The van der Waals surface area contributed by atoms with E-state index in [2.05, 4.69) is 0 Å². The van der Waals surface area contributed by atoms with Gasteiger partial charge in [0.1, 0.15) is 23.1 Å². The number of halogens is 2. The average molecular weight is 262 g/mol. The second kappa shape index (κ2) is 5.18. The van der Waals surface area contributed by atoms with Gasteiger partial charge in [0.25, 0.3) is 0 Å². The first-order valence-corrected chi connectivity index (χ1v) is 5.72. The molecule has 19 heavy (non-hydrogen) atoms. The van der Waals surface area contributed by atoms with Crippen LogP contribution >= 0.6 is 0 Å². The van der Waals surface area contributed by atoms with E-state index in [-0.39, 0.29) is 22.9 Å². The van der Waals surface area contributed by atoms with E-state index >= 15 is 0 Å². The highest BCUT2D eigenvalue weighted by Gasteiger charge is 2.12. The van der Waals surface area contributed by atoms with Crippen LogP contribution in [-0.4, -0.2) is 5.78 Å². The first-order valence-electron chi connectivity index (χ1n) is 5.72. The first-order chi connectivity index (χ1) is 8.97. The third kappa shape index (κ3) is 2.96. The summed E-state index contributed by atoms with van der Waals surface area (Å²) in [5.41, 5.74) is 0.752. The molecule has 0 aliphatic heterocycles. The second-order valence-corrected chi connectivity index (χ2v) is 4.21. The van der Waals surface area contributed by atoms with Crippen molar-refractivity contribution < 1.29 is 18.3 Å². The summed E-state index contributed by atoms with van der Waals surface area (Å²) in [6, 6.07) is 7.77. The van der Waals surface area contributed by atoms with E-state index in [4.69, 9.17) is 4.74 Å². The minimum absolute atomic E-state index is 0.156. The van der Waals surface area contributed by atoms with Gasteiger partial charge in [-0.05, 0) is 55.8 Å². The number of ether oxygens (including phenoxy) is 1. The van der Waals surface area contributed by atoms with Gasteiger partial charge in [0.2, 0.25) is 0 Å². The summed E-state index contributed by atoms with van der Waals surface area (Å²) in [6.45, 7) is 3.02. The number of benzene rings is 2. The zero-order chi connectivity index (χ0) is 14.0. The van der Waals surface area contributed by atoms with Gasteiger partial charge in [-0.1, -0.05) is 0 Å². The van der Waals surface area contributed by atoms with Crippen molar-refractivity contribution in [2.75, 3.05) is 0 Å². The van der Waals surface area contributed by atoms with Crippen molar-refractivity contribution in [1.82, 2.24) is 0 Å². The number of carbonyl (C=O) groups is 1. The van der Waals surface area contributed by atoms with Crippen molar-refractivity contribution in [3.05, 3.63) is 59.2 Å². The minimum Gasteiger partial charge on any atom is -0.456 e. The third-order valence-electron chi connectivity index (χ3n) is 2.68. The zero-order valence-corrected chi connectivity index (χ0v) is 10.5. The molecule has 2 aromatic carbocycles. The summed E-state index contributed by atoms with van der Waals surface area (Å²) >= 11 is 0. The van der Waals surface area contributed by atoms with Crippen LogP contribution in [0.2, 0.25) is 0 Å². The molecule has 0 saturated carbocycles. The molecule has 0 aromatic heterocycles. The van der Waals surface area contributed by atoms with E-state index in [0.717, 1.165) is 6.07 Å². The molecular formula is C15H12F2O2. The Kier molecular flexibility index (Phi) is 3.60. The number of Topliss-reactive ketones (excluding diaryl/α,β-unsaturated/α-hetero) is 1. The maximum atomic E-state index is 13.1. The summed E-state index contributed by atoms with van der Waals surface area (Å²) in [6.07, 6.45) is 0. The van der Waals surface area contributed by atoms with Crippen LogP contribution in [0.5, 0.6) is 11.5 Å². The molecule has 0 bridgehead atoms. The van der Waals surface area contributed by atoms with E-state index in [0.29, 0.717) is 11.3 Å². The summed E-state index contributed by atoms with van der Waals surface area (Å²) in [7, 11) is 0. The van der Waals surface area contributed by atoms with Gasteiger partial charge >= 0.3 is 0 Å². The molecule has 98 valence electrons. The van der Waals surface area contributed by atoms with E-state index in [1.807, 2.05) is 0 Å². The molecule has 4 heteroatoms. The monoisotopic (exact) mass is 262 g/mol. The highest BCUT2D eigenvalue weighted by Crippen LogP contribution is 2.29. The Balaban J connectivity index is 2.40. The van der Waals surface area contributed by atoms with Crippen LogP contribution in [0.4, 0.5) is 8.78 Å². The van der Waals surface area contributed by atoms with Crippen molar-refractivity contribution in [3.63, 3.8) is 0 Å². The lowest BCUT2D eigenvalue weighted by Gasteiger charge is -2.11. The average Bonchev–Trinajstić information content (AvgIpc) is 2.34. The molecule has 0 spiro atoms. The van der Waals surface area contributed by atoms with Crippen molar-refractivity contribution in [1.29, 1.82) is 0 Å². The van der Waals surface area contributed by atoms with Crippen LogP contribution in [-0.2, 0) is 0 Å². The van der Waals surface area contributed by atoms with Crippen LogP contribution in [0.1, 0.15) is 22.8 Å². The Morgan fingerprint density at radius 3 is 2.16 bits per heavy atom. The zero-order valence-electron chi connectivity index (χ0n) is 10.5. The van der Waals surface area contributed by atoms with Crippen molar-refractivity contribution in [2.45, 2.75) is 13.8 Å². The number of carbonyl (C=O) groups excluding carboxylic acids is 1. The second-order valence-electron chi connectivity index (χ2n) is 4.21. The van der Waals surface area contributed by atoms with Gasteiger partial charge in [-0.3, -0.25) is 4.79 Å². The summed E-state index contributed by atoms with van der Waals surface area (Å²) in [5.74, 6) is -0.488. The molecule has 0 radical (unpaired) electrons. The molecular weight excluding hydrogens is 250 g/mol. The standard InChI is InChI=1S/C15H12F2O2/c1-9-7-11(16)3-5-14(9)19-15-6-4-12(17)8-13(15)10(2)18/h3-8H,1-2H3. The Labute approximate surface area is 109 Å². The first kappa shape index (κ1) is 13.2. The molecule has 0 fully saturated rings. The highest BCUT2D eigenvalue weighted by atomic mass is 19.1. The maximum absolute atomic E-state index is 13.1. The molecule has 0 saturated heterocycles. The molecule has 0 heterocycles. The van der Waals surface area contributed by atoms with Crippen LogP contribution in [0.25, 0.3) is 0 Å². The maximum Gasteiger partial charge on any atom is 0.163 e. The van der Waals surface area contributed by atoms with Crippen LogP contribution in [0.15, 0.2) is 36.4 Å². The number of hydrogen-bond acceptors (Lipinski definition) is 2. The Bertz CT molecular complexity index is 636. The lowest BCUT2D eigenvalue weighted by atomic mass is 10.1. The van der Waals surface area contributed by atoms with E-state index in [1.54, 1.807) is 6.92 Å². The van der Waals surface area contributed by atoms with Gasteiger partial charge in [-0.2, -0.15) is 0 Å². The minimum atomic E-state index is -0.506. The predicted molar refractivity (Wildman–Crippen MR) is 67.6 cm³/mol. The summed E-state index contributed by atoms with van der Waals surface area (Å²) in [4.78, 5) is 11.4. The fourth-order valence-corrected chi connectivity index (χ4v) is 1.71. The number of ketones is 1. The van der Waals surface area contributed by atoms with Crippen LogP contribution in [0.3, 0.4) is 0 Å². The predicted octanol–water partition coefficient (Wildman–Crippen LogP) is 4.27. The summed E-state index contributed by atoms with van der Waals surface area (Å²) in [5, 5.41) is 0. The van der Waals surface area contributed by atoms with Gasteiger partial charge in [0, 0.05) is 0 Å². The molecule has 0 atom stereocenters. The van der Waals surface area contributed by atoms with Crippen molar-refractivity contribution >= 4 is 5.78 Å². The smallest absolute Gasteiger partial charge is 0.163 e. The summed E-state index contributed by atoms with van der Waals surface area (Å²) < 4.78 is 31.7. The molecule has 0 N–H and O–H groups in total. The highest BCUT2D eigenvalue weighted by molar-refractivity contribution is 5.96. The Hall–Kier alpha value is -2.23. The molecule has 0 aliphatic carbocycles. The van der Waals surface area contributed by atoms with Gasteiger partial charge in [0.15, 0.2) is 5.78 Å². The number of aryl methyl sites for hydroxylation is 1. The van der Waals surface area contributed by atoms with Gasteiger partial charge in [-0.15, -0.1) is 0 Å². The number of rotatable bonds is 3. The fourth-order valence-electron chi connectivity index (χ4n) is 1.71. The van der Waals surface area contributed by atoms with E-state index in [1.165, 1.54) is 37.3 Å². The molecule has 2 aromatic rings. The Morgan fingerprint density at radius 1 is 1.00 bits per heavy atom. The lowest BCUT2D eigenvalue weighted by molar-refractivity contribution is 0.101. The lowest BCUT2D eigenvalue weighted by Crippen LogP contribution is -1.99. The Morgan fingerprint density at radius 2 is 1.58 bits per heavy atom. The quantitative estimate of drug-likeness (QED) is 0.772. The van der Waals surface area contributed by atoms with Gasteiger partial charge in [0.05, 0.1) is 5.56 Å². The molecule has 2 rings (SSSR count). The van der Waals surface area contributed by atoms with E-state index in [9.17, 15) is 13.6 Å². The van der Waals surface area contributed by atoms with Gasteiger partial charge in [-0.25, -0.2) is 8.78 Å². The van der Waals surface area contributed by atoms with E-state index < -0.39 is 5.82 Å². The van der Waals surface area contributed by atoms with Gasteiger partial charge < -0.3 is 4.74 Å². The fraction of sp³-hybridized carbons (Fsp3) is 0.133. The number of hydrogen-bond donors (Lipinski definition) is 0. The van der Waals surface area contributed by atoms with Crippen molar-refractivity contribution in [2.24, 2.45) is 0 Å². The molecule has 2 nitrogen and oxygen atoms in total. The molecule has 0 amide bonds. The SMILES string of the molecule is CC(=O)c1cc(F)ccc1Oc1ccc(F)cc1C. The largest absolute Gasteiger partial charge is 0.456 e. The van der Waals surface area contributed by atoms with Crippen molar-refractivity contribution in [3.8, 4) is 11.5 Å². The topological polar surface area (TPSA) is 26.3 Å². The van der Waals surface area contributed by atoms with Crippen LogP contribution in [0, 0.1) is 18.6 Å². The molecule has 0 unspecified atom stereocenters. The normalized spacial score (nSPS) is 10.3. The van der Waals surface area contributed by atoms with Crippen LogP contribution < -0.4 is 4.74 Å². The molecule has 0 aliphatic rings.